The molecule has 0 aliphatic carbocycles. The number of hydrogen-bond donors (Lipinski definition) is 1. The summed E-state index contributed by atoms with van der Waals surface area (Å²) in [5.74, 6) is -0.431. The van der Waals surface area contributed by atoms with Crippen molar-refractivity contribution < 1.29 is 14.3 Å². The Balaban J connectivity index is 2.91. The number of carbonyl (C=O) groups excluding carboxylic acids is 2. The number of carbonyl (C=O) groups is 2. The van der Waals surface area contributed by atoms with Crippen LogP contribution in [0, 0.1) is 0 Å². The highest BCUT2D eigenvalue weighted by Gasteiger charge is 2.14. The zero-order valence-electron chi connectivity index (χ0n) is 9.32. The molecule has 0 unspecified atom stereocenters. The van der Waals surface area contributed by atoms with Crippen molar-refractivity contribution in [1.29, 1.82) is 0 Å². The highest BCUT2D eigenvalue weighted by molar-refractivity contribution is 5.99. The van der Waals surface area contributed by atoms with E-state index in [4.69, 9.17) is 4.74 Å². The molecule has 5 nitrogen and oxygen atoms in total. The maximum Gasteiger partial charge on any atom is 0.341 e. The molecule has 0 bridgehead atoms. The van der Waals surface area contributed by atoms with Crippen LogP contribution in [-0.4, -0.2) is 23.5 Å². The van der Waals surface area contributed by atoms with E-state index in [1.54, 1.807) is 26.0 Å². The molecule has 0 fully saturated rings. The van der Waals surface area contributed by atoms with Gasteiger partial charge in [-0.1, -0.05) is 6.92 Å². The standard InChI is InChI=1S/C11H14N2O3/c1-3-9(14)13-10-8(6-5-7-12-10)11(15)16-4-2/h5-7H,3-4H2,1-2H3,(H,12,13,14). The first-order valence-corrected chi connectivity index (χ1v) is 5.11. The number of aromatic nitrogens is 1. The normalized spacial score (nSPS) is 9.62. The smallest absolute Gasteiger partial charge is 0.341 e. The Morgan fingerprint density at radius 2 is 2.19 bits per heavy atom. The van der Waals surface area contributed by atoms with E-state index < -0.39 is 5.97 Å². The fourth-order valence-electron chi connectivity index (χ4n) is 1.10. The number of amides is 1. The first-order chi connectivity index (χ1) is 7.69. The lowest BCUT2D eigenvalue weighted by molar-refractivity contribution is -0.115. The minimum atomic E-state index is -0.484. The van der Waals surface area contributed by atoms with Crippen LogP contribution in [0.5, 0.6) is 0 Å². The van der Waals surface area contributed by atoms with E-state index >= 15 is 0 Å². The van der Waals surface area contributed by atoms with Crippen molar-refractivity contribution in [2.45, 2.75) is 20.3 Å². The van der Waals surface area contributed by atoms with Crippen LogP contribution >= 0.6 is 0 Å². The number of anilines is 1. The minimum Gasteiger partial charge on any atom is -0.462 e. The molecule has 16 heavy (non-hydrogen) atoms. The van der Waals surface area contributed by atoms with Crippen molar-refractivity contribution in [1.82, 2.24) is 4.98 Å². The van der Waals surface area contributed by atoms with Gasteiger partial charge in [0.2, 0.25) is 5.91 Å². The predicted molar refractivity (Wildman–Crippen MR) is 59.1 cm³/mol. The number of pyridine rings is 1. The van der Waals surface area contributed by atoms with Gasteiger partial charge in [0.15, 0.2) is 0 Å². The Bertz CT molecular complexity index is 391. The van der Waals surface area contributed by atoms with Crippen molar-refractivity contribution in [2.75, 3.05) is 11.9 Å². The summed E-state index contributed by atoms with van der Waals surface area (Å²) in [6, 6.07) is 3.18. The average Bonchev–Trinajstić information content (AvgIpc) is 2.30. The second-order valence-corrected chi connectivity index (χ2v) is 3.02. The Kier molecular flexibility index (Phi) is 4.44. The molecule has 1 N–H and O–H groups in total. The summed E-state index contributed by atoms with van der Waals surface area (Å²) >= 11 is 0. The third kappa shape index (κ3) is 3.05. The van der Waals surface area contributed by atoms with Crippen molar-refractivity contribution in [2.24, 2.45) is 0 Å². The van der Waals surface area contributed by atoms with Gasteiger partial charge in [0.25, 0.3) is 0 Å². The molecule has 1 amide bonds. The molecule has 0 radical (unpaired) electrons. The molecule has 0 saturated heterocycles. The van der Waals surface area contributed by atoms with Gasteiger partial charge < -0.3 is 10.1 Å². The van der Waals surface area contributed by atoms with Crippen LogP contribution in [0.3, 0.4) is 0 Å². The largest absolute Gasteiger partial charge is 0.462 e. The van der Waals surface area contributed by atoms with Gasteiger partial charge in [-0.15, -0.1) is 0 Å². The summed E-state index contributed by atoms with van der Waals surface area (Å²) in [6.45, 7) is 3.73. The van der Waals surface area contributed by atoms with Crippen molar-refractivity contribution in [3.8, 4) is 0 Å². The third-order valence-corrected chi connectivity index (χ3v) is 1.88. The molecule has 0 aliphatic heterocycles. The van der Waals surface area contributed by atoms with Gasteiger partial charge in [-0.3, -0.25) is 4.79 Å². The molecule has 1 aromatic heterocycles. The number of nitrogens with zero attached hydrogens (tertiary/aromatic N) is 1. The highest BCUT2D eigenvalue weighted by Crippen LogP contribution is 2.12. The Morgan fingerprint density at radius 1 is 1.44 bits per heavy atom. The van der Waals surface area contributed by atoms with Crippen LogP contribution in [0.2, 0.25) is 0 Å². The van der Waals surface area contributed by atoms with E-state index in [2.05, 4.69) is 10.3 Å². The molecule has 0 saturated carbocycles. The maximum absolute atomic E-state index is 11.5. The first kappa shape index (κ1) is 12.2. The SMILES string of the molecule is CCOC(=O)c1cccnc1NC(=O)CC. The van der Waals surface area contributed by atoms with E-state index in [-0.39, 0.29) is 23.9 Å². The molecule has 0 aliphatic rings. The Morgan fingerprint density at radius 3 is 2.81 bits per heavy atom. The van der Waals surface area contributed by atoms with Gasteiger partial charge >= 0.3 is 5.97 Å². The van der Waals surface area contributed by atoms with E-state index in [1.807, 2.05) is 0 Å². The number of esters is 1. The van der Waals surface area contributed by atoms with E-state index in [9.17, 15) is 9.59 Å². The second-order valence-electron chi connectivity index (χ2n) is 3.02. The van der Waals surface area contributed by atoms with Crippen LogP contribution in [0.1, 0.15) is 30.6 Å². The Hall–Kier alpha value is -1.91. The van der Waals surface area contributed by atoms with E-state index in [0.717, 1.165) is 0 Å². The molecule has 0 atom stereocenters. The summed E-state index contributed by atoms with van der Waals surface area (Å²) in [4.78, 5) is 26.7. The van der Waals surface area contributed by atoms with E-state index in [1.165, 1.54) is 6.20 Å². The van der Waals surface area contributed by atoms with Gasteiger partial charge in [-0.25, -0.2) is 9.78 Å². The van der Waals surface area contributed by atoms with Crippen molar-refractivity contribution in [3.63, 3.8) is 0 Å². The molecular formula is C11H14N2O3. The summed E-state index contributed by atoms with van der Waals surface area (Å²) in [5, 5.41) is 2.55. The first-order valence-electron chi connectivity index (χ1n) is 5.11. The quantitative estimate of drug-likeness (QED) is 0.786. The highest BCUT2D eigenvalue weighted by atomic mass is 16.5. The van der Waals surface area contributed by atoms with Gasteiger partial charge in [0, 0.05) is 12.6 Å². The monoisotopic (exact) mass is 222 g/mol. The van der Waals surface area contributed by atoms with Gasteiger partial charge in [0.05, 0.1) is 6.61 Å². The zero-order chi connectivity index (χ0) is 12.0. The van der Waals surface area contributed by atoms with Gasteiger partial charge in [0.1, 0.15) is 11.4 Å². The number of ether oxygens (including phenoxy) is 1. The number of rotatable bonds is 4. The topological polar surface area (TPSA) is 68.3 Å². The minimum absolute atomic E-state index is 0.191. The zero-order valence-corrected chi connectivity index (χ0v) is 9.32. The molecule has 1 aromatic rings. The second kappa shape index (κ2) is 5.85. The summed E-state index contributed by atoms with van der Waals surface area (Å²) in [6.07, 6.45) is 1.84. The molecule has 0 spiro atoms. The molecule has 0 aromatic carbocycles. The van der Waals surface area contributed by atoms with Crippen LogP contribution in [0.4, 0.5) is 5.82 Å². The lowest BCUT2D eigenvalue weighted by atomic mass is 10.2. The fourth-order valence-corrected chi connectivity index (χ4v) is 1.10. The van der Waals surface area contributed by atoms with Crippen LogP contribution in [0.15, 0.2) is 18.3 Å². The lowest BCUT2D eigenvalue weighted by Gasteiger charge is -2.07. The van der Waals surface area contributed by atoms with Crippen molar-refractivity contribution in [3.05, 3.63) is 23.9 Å². The van der Waals surface area contributed by atoms with Gasteiger partial charge in [-0.05, 0) is 19.1 Å². The average molecular weight is 222 g/mol. The summed E-state index contributed by atoms with van der Waals surface area (Å²) < 4.78 is 4.85. The molecule has 86 valence electrons. The summed E-state index contributed by atoms with van der Waals surface area (Å²) in [5.41, 5.74) is 0.270. The third-order valence-electron chi connectivity index (χ3n) is 1.88. The maximum atomic E-state index is 11.5. The van der Waals surface area contributed by atoms with E-state index in [0.29, 0.717) is 6.42 Å². The number of nitrogens with one attached hydrogen (secondary N) is 1. The molecule has 1 heterocycles. The summed E-state index contributed by atoms with van der Waals surface area (Å²) in [7, 11) is 0. The van der Waals surface area contributed by atoms with Crippen molar-refractivity contribution >= 4 is 17.7 Å². The fraction of sp³-hybridized carbons (Fsp3) is 0.364. The molecule has 1 rings (SSSR count). The predicted octanol–water partition coefficient (Wildman–Crippen LogP) is 1.61. The van der Waals surface area contributed by atoms with Crippen LogP contribution in [-0.2, 0) is 9.53 Å². The molecule has 5 heteroatoms. The lowest BCUT2D eigenvalue weighted by Crippen LogP contribution is -2.15. The van der Waals surface area contributed by atoms with Crippen LogP contribution < -0.4 is 5.32 Å². The van der Waals surface area contributed by atoms with Crippen LogP contribution in [0.25, 0.3) is 0 Å². The van der Waals surface area contributed by atoms with Gasteiger partial charge in [-0.2, -0.15) is 0 Å². The molecular weight excluding hydrogens is 208 g/mol. The number of hydrogen-bond acceptors (Lipinski definition) is 4. The Labute approximate surface area is 93.8 Å².